The fourth-order valence-corrected chi connectivity index (χ4v) is 1.73. The van der Waals surface area contributed by atoms with Crippen LogP contribution in [0.15, 0.2) is 18.2 Å². The van der Waals surface area contributed by atoms with Gasteiger partial charge in [0.05, 0.1) is 11.1 Å². The summed E-state index contributed by atoms with van der Waals surface area (Å²) in [7, 11) is 0. The Labute approximate surface area is 118 Å². The summed E-state index contributed by atoms with van der Waals surface area (Å²) in [6.07, 6.45) is -4.93. The average molecular weight is 306 g/mol. The number of hydrogen-bond donors (Lipinski definition) is 2. The third-order valence-corrected chi connectivity index (χ3v) is 2.61. The molecule has 0 aliphatic carbocycles. The molecule has 2 amide bonds. The highest BCUT2D eigenvalue weighted by atomic mass is 19.4. The molecular formula is C13H14F4N2O2. The van der Waals surface area contributed by atoms with Crippen molar-refractivity contribution in [3.05, 3.63) is 35.1 Å². The minimum absolute atomic E-state index is 0.237. The van der Waals surface area contributed by atoms with Gasteiger partial charge in [-0.2, -0.15) is 13.2 Å². The van der Waals surface area contributed by atoms with Crippen molar-refractivity contribution in [1.82, 2.24) is 5.32 Å². The Hall–Kier alpha value is -2.12. The van der Waals surface area contributed by atoms with Crippen molar-refractivity contribution in [2.75, 3.05) is 0 Å². The summed E-state index contributed by atoms with van der Waals surface area (Å²) in [4.78, 5) is 22.7. The Bertz CT molecular complexity index is 568. The highest BCUT2D eigenvalue weighted by molar-refractivity contribution is 5.95. The quantitative estimate of drug-likeness (QED) is 0.837. The predicted molar refractivity (Wildman–Crippen MR) is 66.8 cm³/mol. The molecule has 0 radical (unpaired) electrons. The molecule has 0 aliphatic heterocycles. The summed E-state index contributed by atoms with van der Waals surface area (Å²) in [6, 6.07) is 1.53. The molecule has 8 heteroatoms. The predicted octanol–water partition coefficient (Wildman–Crippen LogP) is 2.23. The van der Waals surface area contributed by atoms with Crippen LogP contribution in [-0.2, 0) is 11.0 Å². The van der Waals surface area contributed by atoms with Crippen molar-refractivity contribution in [1.29, 1.82) is 0 Å². The summed E-state index contributed by atoms with van der Waals surface area (Å²) in [5.74, 6) is -2.84. The Kier molecular flexibility index (Phi) is 4.60. The first kappa shape index (κ1) is 16.9. The standard InChI is InChI=1S/C13H14F4N2O2/c1-12(2,6-10(18)20)19-11(21)8-5-7(13(15,16)17)3-4-9(8)14/h3-5H,6H2,1-2H3,(H2,18,20)(H,19,21). The molecule has 0 aliphatic rings. The Morgan fingerprint density at radius 2 is 1.81 bits per heavy atom. The smallest absolute Gasteiger partial charge is 0.370 e. The van der Waals surface area contributed by atoms with Gasteiger partial charge in [0.15, 0.2) is 0 Å². The number of nitrogens with one attached hydrogen (secondary N) is 1. The van der Waals surface area contributed by atoms with Crippen molar-refractivity contribution < 1.29 is 27.2 Å². The largest absolute Gasteiger partial charge is 0.416 e. The van der Waals surface area contributed by atoms with E-state index in [1.165, 1.54) is 13.8 Å². The van der Waals surface area contributed by atoms with Crippen molar-refractivity contribution >= 4 is 11.8 Å². The van der Waals surface area contributed by atoms with E-state index >= 15 is 0 Å². The number of carbonyl (C=O) groups is 2. The van der Waals surface area contributed by atoms with Gasteiger partial charge in [-0.1, -0.05) is 0 Å². The van der Waals surface area contributed by atoms with Crippen molar-refractivity contribution in [3.63, 3.8) is 0 Å². The molecule has 0 spiro atoms. The van der Waals surface area contributed by atoms with E-state index in [0.29, 0.717) is 18.2 Å². The van der Waals surface area contributed by atoms with Crippen LogP contribution in [0, 0.1) is 5.82 Å². The van der Waals surface area contributed by atoms with E-state index in [-0.39, 0.29) is 6.42 Å². The first-order valence-corrected chi connectivity index (χ1v) is 5.90. The van der Waals surface area contributed by atoms with Gasteiger partial charge in [0, 0.05) is 12.0 Å². The molecule has 116 valence electrons. The summed E-state index contributed by atoms with van der Waals surface area (Å²) in [5, 5.41) is 2.28. The van der Waals surface area contributed by atoms with Gasteiger partial charge in [-0.25, -0.2) is 4.39 Å². The van der Waals surface area contributed by atoms with Crippen LogP contribution in [0.4, 0.5) is 17.6 Å². The molecule has 1 aromatic rings. The van der Waals surface area contributed by atoms with E-state index < -0.39 is 40.5 Å². The van der Waals surface area contributed by atoms with Crippen LogP contribution in [0.1, 0.15) is 36.2 Å². The molecule has 21 heavy (non-hydrogen) atoms. The fourth-order valence-electron chi connectivity index (χ4n) is 1.73. The lowest BCUT2D eigenvalue weighted by atomic mass is 9.99. The zero-order chi connectivity index (χ0) is 16.4. The molecule has 1 aromatic carbocycles. The number of amides is 2. The number of alkyl halides is 3. The topological polar surface area (TPSA) is 72.2 Å². The van der Waals surface area contributed by atoms with Gasteiger partial charge >= 0.3 is 6.18 Å². The van der Waals surface area contributed by atoms with Gasteiger partial charge < -0.3 is 11.1 Å². The van der Waals surface area contributed by atoms with Crippen LogP contribution in [0.5, 0.6) is 0 Å². The molecule has 0 saturated heterocycles. The third kappa shape index (κ3) is 4.73. The normalized spacial score (nSPS) is 12.1. The second-order valence-electron chi connectivity index (χ2n) is 5.17. The Balaban J connectivity index is 3.05. The van der Waals surface area contributed by atoms with E-state index in [1.54, 1.807) is 0 Å². The SMILES string of the molecule is CC(C)(CC(N)=O)NC(=O)c1cc(C(F)(F)F)ccc1F. The fraction of sp³-hybridized carbons (Fsp3) is 0.385. The van der Waals surface area contributed by atoms with Crippen LogP contribution in [-0.4, -0.2) is 17.4 Å². The van der Waals surface area contributed by atoms with Gasteiger partial charge in [-0.05, 0) is 32.0 Å². The highest BCUT2D eigenvalue weighted by Gasteiger charge is 2.32. The van der Waals surface area contributed by atoms with Crippen LogP contribution in [0.25, 0.3) is 0 Å². The number of halogens is 4. The monoisotopic (exact) mass is 306 g/mol. The van der Waals surface area contributed by atoms with E-state index in [2.05, 4.69) is 5.32 Å². The van der Waals surface area contributed by atoms with Crippen LogP contribution in [0.2, 0.25) is 0 Å². The van der Waals surface area contributed by atoms with Gasteiger partial charge in [-0.15, -0.1) is 0 Å². The molecule has 0 aromatic heterocycles. The second kappa shape index (κ2) is 5.71. The van der Waals surface area contributed by atoms with Gasteiger partial charge in [-0.3, -0.25) is 9.59 Å². The van der Waals surface area contributed by atoms with Crippen molar-refractivity contribution in [3.8, 4) is 0 Å². The minimum atomic E-state index is -4.69. The van der Waals surface area contributed by atoms with Crippen molar-refractivity contribution in [2.24, 2.45) is 5.73 Å². The maximum atomic E-state index is 13.5. The number of carbonyl (C=O) groups excluding carboxylic acids is 2. The number of primary amides is 1. The molecule has 0 unspecified atom stereocenters. The molecule has 0 heterocycles. The number of benzene rings is 1. The lowest BCUT2D eigenvalue weighted by molar-refractivity contribution is -0.137. The van der Waals surface area contributed by atoms with Crippen LogP contribution >= 0.6 is 0 Å². The van der Waals surface area contributed by atoms with Crippen LogP contribution < -0.4 is 11.1 Å². The van der Waals surface area contributed by atoms with E-state index in [1.807, 2.05) is 0 Å². The molecule has 1 rings (SSSR count). The summed E-state index contributed by atoms with van der Waals surface area (Å²) < 4.78 is 51.2. The van der Waals surface area contributed by atoms with Gasteiger partial charge in [0.1, 0.15) is 5.82 Å². The first-order chi connectivity index (χ1) is 9.42. The Morgan fingerprint density at radius 1 is 1.24 bits per heavy atom. The van der Waals surface area contributed by atoms with Gasteiger partial charge in [0.2, 0.25) is 5.91 Å². The first-order valence-electron chi connectivity index (χ1n) is 5.90. The maximum Gasteiger partial charge on any atom is 0.416 e. The summed E-state index contributed by atoms with van der Waals surface area (Å²) in [6.45, 7) is 2.89. The zero-order valence-corrected chi connectivity index (χ0v) is 11.3. The number of rotatable bonds is 4. The van der Waals surface area contributed by atoms with E-state index in [4.69, 9.17) is 5.73 Å². The maximum absolute atomic E-state index is 13.5. The summed E-state index contributed by atoms with van der Waals surface area (Å²) >= 11 is 0. The van der Waals surface area contributed by atoms with Crippen LogP contribution in [0.3, 0.4) is 0 Å². The lowest BCUT2D eigenvalue weighted by Crippen LogP contribution is -2.46. The molecule has 0 fully saturated rings. The van der Waals surface area contributed by atoms with E-state index in [0.717, 1.165) is 0 Å². The van der Waals surface area contributed by atoms with E-state index in [9.17, 15) is 27.2 Å². The van der Waals surface area contributed by atoms with Gasteiger partial charge in [0.25, 0.3) is 5.91 Å². The highest BCUT2D eigenvalue weighted by Crippen LogP contribution is 2.30. The third-order valence-electron chi connectivity index (χ3n) is 2.61. The molecule has 4 nitrogen and oxygen atoms in total. The molecular weight excluding hydrogens is 292 g/mol. The second-order valence-corrected chi connectivity index (χ2v) is 5.17. The molecule has 3 N–H and O–H groups in total. The Morgan fingerprint density at radius 3 is 2.29 bits per heavy atom. The average Bonchev–Trinajstić information content (AvgIpc) is 2.24. The lowest BCUT2D eigenvalue weighted by Gasteiger charge is -2.25. The summed E-state index contributed by atoms with van der Waals surface area (Å²) in [5.41, 5.74) is 2.00. The molecule has 0 bridgehead atoms. The minimum Gasteiger partial charge on any atom is -0.370 e. The number of nitrogens with two attached hydrogens (primary N) is 1. The zero-order valence-electron chi connectivity index (χ0n) is 11.3. The van der Waals surface area contributed by atoms with Crippen molar-refractivity contribution in [2.45, 2.75) is 32.0 Å². The number of hydrogen-bond acceptors (Lipinski definition) is 2. The molecule has 0 atom stereocenters. The molecule has 0 saturated carbocycles.